The number of aryl methyl sites for hydroxylation is 2. The summed E-state index contributed by atoms with van der Waals surface area (Å²) >= 11 is 7.38. The first-order valence-electron chi connectivity index (χ1n) is 5.92. The third-order valence-electron chi connectivity index (χ3n) is 3.13. The fourth-order valence-corrected chi connectivity index (χ4v) is 2.84. The molecule has 2 N–H and O–H groups in total. The molecule has 0 aliphatic heterocycles. The van der Waals surface area contributed by atoms with Crippen LogP contribution in [-0.2, 0) is 0 Å². The Morgan fingerprint density at radius 1 is 1.35 bits per heavy atom. The van der Waals surface area contributed by atoms with Crippen LogP contribution in [0.5, 0.6) is 0 Å². The number of hydrogen-bond acceptors (Lipinski definition) is 5. The minimum Gasteiger partial charge on any atom is -0.460 e. The van der Waals surface area contributed by atoms with Crippen LogP contribution < -0.4 is 11.2 Å². The van der Waals surface area contributed by atoms with Crippen molar-refractivity contribution in [3.05, 3.63) is 44.1 Å². The quantitative estimate of drug-likeness (QED) is 0.743. The highest BCUT2D eigenvalue weighted by Gasteiger charge is 2.16. The summed E-state index contributed by atoms with van der Waals surface area (Å²) in [6, 6.07) is 3.40. The van der Waals surface area contributed by atoms with Gasteiger partial charge in [0.15, 0.2) is 5.13 Å². The number of hydrogen-bond donors (Lipinski definition) is 1. The standard InChI is InChI=1S/C14H11ClN2O2S/c1-6-3-11-8(4-9(6)15)13(18)12(7(2)19-11)10-5-20-14(16)17-10/h3-5H,1-2H3,(H2,16,17). The van der Waals surface area contributed by atoms with Crippen LogP contribution in [0.15, 0.2) is 26.7 Å². The van der Waals surface area contributed by atoms with Gasteiger partial charge in [-0.05, 0) is 31.5 Å². The smallest absolute Gasteiger partial charge is 0.202 e. The second-order valence-electron chi connectivity index (χ2n) is 4.53. The number of aromatic nitrogens is 1. The van der Waals surface area contributed by atoms with Crippen molar-refractivity contribution in [1.82, 2.24) is 4.98 Å². The van der Waals surface area contributed by atoms with E-state index in [1.165, 1.54) is 11.3 Å². The van der Waals surface area contributed by atoms with Crippen LogP contribution in [0.2, 0.25) is 5.02 Å². The zero-order valence-corrected chi connectivity index (χ0v) is 12.4. The summed E-state index contributed by atoms with van der Waals surface area (Å²) in [7, 11) is 0. The normalized spacial score (nSPS) is 11.2. The Morgan fingerprint density at radius 3 is 2.75 bits per heavy atom. The monoisotopic (exact) mass is 306 g/mol. The summed E-state index contributed by atoms with van der Waals surface area (Å²) in [5.41, 5.74) is 7.86. The largest absolute Gasteiger partial charge is 0.460 e. The molecule has 0 bridgehead atoms. The molecule has 6 heteroatoms. The molecule has 3 aromatic rings. The van der Waals surface area contributed by atoms with Gasteiger partial charge in [-0.3, -0.25) is 4.79 Å². The van der Waals surface area contributed by atoms with Gasteiger partial charge in [-0.1, -0.05) is 11.6 Å². The van der Waals surface area contributed by atoms with Gasteiger partial charge in [0.2, 0.25) is 5.43 Å². The van der Waals surface area contributed by atoms with E-state index in [0.29, 0.717) is 38.1 Å². The molecule has 0 radical (unpaired) electrons. The molecule has 1 aromatic carbocycles. The number of benzene rings is 1. The topological polar surface area (TPSA) is 69.1 Å². The number of thiazole rings is 1. The van der Waals surface area contributed by atoms with Crippen LogP contribution >= 0.6 is 22.9 Å². The van der Waals surface area contributed by atoms with E-state index in [4.69, 9.17) is 21.8 Å². The lowest BCUT2D eigenvalue weighted by Gasteiger charge is -2.06. The molecule has 4 nitrogen and oxygen atoms in total. The first kappa shape index (κ1) is 13.1. The molecule has 0 fully saturated rings. The van der Waals surface area contributed by atoms with Crippen LogP contribution in [0.25, 0.3) is 22.2 Å². The van der Waals surface area contributed by atoms with Gasteiger partial charge in [0.05, 0.1) is 16.6 Å². The molecule has 102 valence electrons. The van der Waals surface area contributed by atoms with E-state index in [1.807, 2.05) is 6.92 Å². The second kappa shape index (κ2) is 4.61. The van der Waals surface area contributed by atoms with Crippen molar-refractivity contribution < 1.29 is 4.42 Å². The molecule has 0 atom stereocenters. The number of nitrogens with two attached hydrogens (primary N) is 1. The maximum atomic E-state index is 12.6. The summed E-state index contributed by atoms with van der Waals surface area (Å²) < 4.78 is 5.74. The molecule has 3 rings (SSSR count). The number of halogens is 1. The molecular weight excluding hydrogens is 296 g/mol. The van der Waals surface area contributed by atoms with Crippen LogP contribution in [0, 0.1) is 13.8 Å². The first-order valence-corrected chi connectivity index (χ1v) is 7.18. The molecule has 0 saturated heterocycles. The molecule has 2 heterocycles. The van der Waals surface area contributed by atoms with Gasteiger partial charge < -0.3 is 10.2 Å². The lowest BCUT2D eigenvalue weighted by atomic mass is 10.1. The Balaban J connectivity index is 2.40. The van der Waals surface area contributed by atoms with Crippen LogP contribution in [0.3, 0.4) is 0 Å². The van der Waals surface area contributed by atoms with Crippen LogP contribution in [-0.4, -0.2) is 4.98 Å². The van der Waals surface area contributed by atoms with E-state index < -0.39 is 0 Å². The first-order chi connectivity index (χ1) is 9.47. The minimum absolute atomic E-state index is 0.143. The fourth-order valence-electron chi connectivity index (χ4n) is 2.13. The second-order valence-corrected chi connectivity index (χ2v) is 5.83. The Bertz CT molecular complexity index is 883. The van der Waals surface area contributed by atoms with Crippen molar-refractivity contribution in [3.63, 3.8) is 0 Å². The Morgan fingerprint density at radius 2 is 2.10 bits per heavy atom. The molecule has 0 aliphatic carbocycles. The number of fused-ring (bicyclic) bond motifs is 1. The average molecular weight is 307 g/mol. The number of anilines is 1. The highest BCUT2D eigenvalue weighted by Crippen LogP contribution is 2.28. The Labute approximate surface area is 123 Å². The maximum Gasteiger partial charge on any atom is 0.202 e. The van der Waals surface area contributed by atoms with E-state index in [2.05, 4.69) is 4.98 Å². The molecule has 0 amide bonds. The third-order valence-corrected chi connectivity index (χ3v) is 4.21. The van der Waals surface area contributed by atoms with E-state index in [1.54, 1.807) is 24.4 Å². The van der Waals surface area contributed by atoms with Crippen molar-refractivity contribution in [1.29, 1.82) is 0 Å². The molecule has 0 spiro atoms. The number of rotatable bonds is 1. The summed E-state index contributed by atoms with van der Waals surface area (Å²) in [4.78, 5) is 16.8. The van der Waals surface area contributed by atoms with E-state index in [0.717, 1.165) is 5.56 Å². The number of nitrogens with zero attached hydrogens (tertiary/aromatic N) is 1. The molecule has 0 aliphatic rings. The van der Waals surface area contributed by atoms with Crippen molar-refractivity contribution in [3.8, 4) is 11.3 Å². The van der Waals surface area contributed by atoms with Crippen molar-refractivity contribution >= 4 is 39.0 Å². The number of nitrogen functional groups attached to an aromatic ring is 1. The highest BCUT2D eigenvalue weighted by atomic mass is 35.5. The van der Waals surface area contributed by atoms with Gasteiger partial charge >= 0.3 is 0 Å². The highest BCUT2D eigenvalue weighted by molar-refractivity contribution is 7.13. The molecule has 20 heavy (non-hydrogen) atoms. The van der Waals surface area contributed by atoms with E-state index in [-0.39, 0.29) is 5.43 Å². The van der Waals surface area contributed by atoms with Crippen LogP contribution in [0.4, 0.5) is 5.13 Å². The van der Waals surface area contributed by atoms with E-state index >= 15 is 0 Å². The average Bonchev–Trinajstić information content (AvgIpc) is 2.79. The lowest BCUT2D eigenvalue weighted by molar-refractivity contribution is 0.567. The van der Waals surface area contributed by atoms with Crippen molar-refractivity contribution in [2.75, 3.05) is 5.73 Å². The van der Waals surface area contributed by atoms with Crippen molar-refractivity contribution in [2.24, 2.45) is 0 Å². The van der Waals surface area contributed by atoms with Gasteiger partial charge in [-0.2, -0.15) is 0 Å². The lowest BCUT2D eigenvalue weighted by Crippen LogP contribution is -2.08. The van der Waals surface area contributed by atoms with Gasteiger partial charge in [0, 0.05) is 10.4 Å². The molecule has 0 unspecified atom stereocenters. The third kappa shape index (κ3) is 1.99. The summed E-state index contributed by atoms with van der Waals surface area (Å²) in [5, 5.41) is 3.15. The van der Waals surface area contributed by atoms with Gasteiger partial charge in [0.1, 0.15) is 11.3 Å². The molecular formula is C14H11ClN2O2S. The van der Waals surface area contributed by atoms with Crippen molar-refractivity contribution in [2.45, 2.75) is 13.8 Å². The zero-order chi connectivity index (χ0) is 14.4. The zero-order valence-electron chi connectivity index (χ0n) is 10.9. The SMILES string of the molecule is Cc1cc2oc(C)c(-c3csc(N)n3)c(=O)c2cc1Cl. The van der Waals surface area contributed by atoms with E-state index in [9.17, 15) is 4.79 Å². The minimum atomic E-state index is -0.143. The van der Waals surface area contributed by atoms with Crippen LogP contribution in [0.1, 0.15) is 11.3 Å². The maximum absolute atomic E-state index is 12.6. The van der Waals surface area contributed by atoms with Gasteiger partial charge in [-0.15, -0.1) is 11.3 Å². The Hall–Kier alpha value is -1.85. The molecule has 0 saturated carbocycles. The van der Waals surface area contributed by atoms with Gasteiger partial charge in [0.25, 0.3) is 0 Å². The predicted octanol–water partition coefficient (Wildman–Crippen LogP) is 3.77. The molecule has 2 aromatic heterocycles. The van der Waals surface area contributed by atoms with Gasteiger partial charge in [-0.25, -0.2) is 4.98 Å². The predicted molar refractivity (Wildman–Crippen MR) is 82.5 cm³/mol. The fraction of sp³-hybridized carbons (Fsp3) is 0.143. The Kier molecular flexibility index (Phi) is 3.03. The summed E-state index contributed by atoms with van der Waals surface area (Å²) in [6.07, 6.45) is 0. The summed E-state index contributed by atoms with van der Waals surface area (Å²) in [6.45, 7) is 3.61. The summed E-state index contributed by atoms with van der Waals surface area (Å²) in [5.74, 6) is 0.523.